The van der Waals surface area contributed by atoms with Crippen LogP contribution in [0.4, 0.5) is 5.69 Å². The van der Waals surface area contributed by atoms with Crippen molar-refractivity contribution in [1.82, 2.24) is 9.78 Å². The van der Waals surface area contributed by atoms with Gasteiger partial charge >= 0.3 is 0 Å². The number of nitrogens with two attached hydrogens (primary N) is 1. The first-order valence-corrected chi connectivity index (χ1v) is 7.56. The fourth-order valence-electron chi connectivity index (χ4n) is 1.87. The molecule has 0 saturated heterocycles. The Morgan fingerprint density at radius 3 is 2.71 bits per heavy atom. The largest absolute Gasteiger partial charge is 0.389 e. The molecule has 3 N–H and O–H groups in total. The molecule has 1 amide bonds. The summed E-state index contributed by atoms with van der Waals surface area (Å²) in [7, 11) is 1.75. The number of aromatic nitrogens is 2. The summed E-state index contributed by atoms with van der Waals surface area (Å²) < 4.78 is 2.30. The molecule has 0 aliphatic carbocycles. The predicted octanol–water partition coefficient (Wildman–Crippen LogP) is 2.63. The number of thiocarbonyl (C=S) groups is 1. The van der Waals surface area contributed by atoms with E-state index in [-0.39, 0.29) is 5.91 Å². The van der Waals surface area contributed by atoms with Gasteiger partial charge in [-0.2, -0.15) is 5.10 Å². The summed E-state index contributed by atoms with van der Waals surface area (Å²) in [6.07, 6.45) is 0.785. The topological polar surface area (TPSA) is 72.9 Å². The van der Waals surface area contributed by atoms with Crippen LogP contribution in [0.1, 0.15) is 28.7 Å². The highest BCUT2D eigenvalue weighted by molar-refractivity contribution is 9.10. The first-order chi connectivity index (χ1) is 9.92. The fraction of sp³-hybridized carbons (Fsp3) is 0.214. The van der Waals surface area contributed by atoms with E-state index in [9.17, 15) is 4.79 Å². The van der Waals surface area contributed by atoms with Crippen LogP contribution in [-0.4, -0.2) is 20.7 Å². The van der Waals surface area contributed by atoms with Gasteiger partial charge in [0.2, 0.25) is 0 Å². The number of rotatable bonds is 4. The summed E-state index contributed by atoms with van der Waals surface area (Å²) in [5.41, 5.74) is 8.36. The molecule has 0 fully saturated rings. The number of hydrogen-bond acceptors (Lipinski definition) is 3. The van der Waals surface area contributed by atoms with Gasteiger partial charge in [-0.15, -0.1) is 0 Å². The van der Waals surface area contributed by atoms with Crippen molar-refractivity contribution in [3.05, 3.63) is 45.7 Å². The van der Waals surface area contributed by atoms with Crippen LogP contribution in [0.15, 0.2) is 28.7 Å². The molecular formula is C14H15BrN4OS. The highest BCUT2D eigenvalue weighted by Crippen LogP contribution is 2.24. The van der Waals surface area contributed by atoms with Crippen molar-refractivity contribution in [2.24, 2.45) is 12.8 Å². The summed E-state index contributed by atoms with van der Waals surface area (Å²) in [5, 5.41) is 7.10. The lowest BCUT2D eigenvalue weighted by molar-refractivity contribution is 0.101. The highest BCUT2D eigenvalue weighted by Gasteiger charge is 2.14. The Bertz CT molecular complexity index is 711. The van der Waals surface area contributed by atoms with Crippen LogP contribution in [0.2, 0.25) is 0 Å². The van der Waals surface area contributed by atoms with E-state index in [0.29, 0.717) is 16.4 Å². The number of amides is 1. The second kappa shape index (κ2) is 6.36. The number of nitrogens with zero attached hydrogens (tertiary/aromatic N) is 2. The third-order valence-corrected chi connectivity index (χ3v) is 3.92. The lowest BCUT2D eigenvalue weighted by Gasteiger charge is -2.09. The molecule has 7 heteroatoms. The lowest BCUT2D eigenvalue weighted by atomic mass is 10.2. The second-order valence-electron chi connectivity index (χ2n) is 4.51. The predicted molar refractivity (Wildman–Crippen MR) is 90.6 cm³/mol. The standard InChI is InChI=1S/C14H15BrN4OS/c1-3-9-7-12(19(2)18-9)14(20)17-11-5-4-8(13(16)21)6-10(11)15/h4-7H,3H2,1-2H3,(H2,16,21)(H,17,20). The van der Waals surface area contributed by atoms with Crippen LogP contribution in [0.25, 0.3) is 0 Å². The van der Waals surface area contributed by atoms with Crippen LogP contribution in [0, 0.1) is 0 Å². The maximum Gasteiger partial charge on any atom is 0.273 e. The van der Waals surface area contributed by atoms with Crippen molar-refractivity contribution in [2.75, 3.05) is 5.32 Å². The van der Waals surface area contributed by atoms with Crippen molar-refractivity contribution in [1.29, 1.82) is 0 Å². The van der Waals surface area contributed by atoms with Gasteiger partial charge in [0, 0.05) is 17.1 Å². The fourth-order valence-corrected chi connectivity index (χ4v) is 2.47. The van der Waals surface area contributed by atoms with Gasteiger partial charge in [0.15, 0.2) is 0 Å². The van der Waals surface area contributed by atoms with Crippen LogP contribution in [-0.2, 0) is 13.5 Å². The molecule has 5 nitrogen and oxygen atoms in total. The maximum atomic E-state index is 12.3. The number of carbonyl (C=O) groups excluding carboxylic acids is 1. The number of nitrogens with one attached hydrogen (secondary N) is 1. The SMILES string of the molecule is CCc1cc(C(=O)Nc2ccc(C(N)=S)cc2Br)n(C)n1. The average molecular weight is 367 g/mol. The van der Waals surface area contributed by atoms with Crippen LogP contribution < -0.4 is 11.1 Å². The summed E-state index contributed by atoms with van der Waals surface area (Å²) in [6, 6.07) is 7.09. The molecule has 0 atom stereocenters. The van der Waals surface area contributed by atoms with E-state index in [2.05, 4.69) is 26.3 Å². The van der Waals surface area contributed by atoms with Crippen molar-refractivity contribution in [3.8, 4) is 0 Å². The van der Waals surface area contributed by atoms with Gasteiger partial charge in [0.25, 0.3) is 5.91 Å². The molecule has 0 radical (unpaired) electrons. The van der Waals surface area contributed by atoms with E-state index in [4.69, 9.17) is 18.0 Å². The molecule has 2 aromatic rings. The number of aryl methyl sites for hydroxylation is 2. The van der Waals surface area contributed by atoms with Crippen molar-refractivity contribution >= 4 is 44.7 Å². The Hall–Kier alpha value is -1.73. The molecule has 0 bridgehead atoms. The van der Waals surface area contributed by atoms with Crippen LogP contribution in [0.3, 0.4) is 0 Å². The Labute approximate surface area is 136 Å². The molecule has 0 aliphatic rings. The summed E-state index contributed by atoms with van der Waals surface area (Å²) >= 11 is 8.32. The molecule has 1 heterocycles. The minimum Gasteiger partial charge on any atom is -0.389 e. The zero-order chi connectivity index (χ0) is 15.6. The van der Waals surface area contributed by atoms with E-state index >= 15 is 0 Å². The number of anilines is 1. The number of halogens is 1. The molecule has 2 rings (SSSR count). The Morgan fingerprint density at radius 2 is 2.19 bits per heavy atom. The number of hydrogen-bond donors (Lipinski definition) is 2. The number of benzene rings is 1. The first kappa shape index (κ1) is 15.7. The molecule has 0 unspecified atom stereocenters. The van der Waals surface area contributed by atoms with E-state index in [1.54, 1.807) is 36.0 Å². The van der Waals surface area contributed by atoms with Crippen molar-refractivity contribution < 1.29 is 4.79 Å². The first-order valence-electron chi connectivity index (χ1n) is 6.36. The van der Waals surface area contributed by atoms with Crippen molar-refractivity contribution in [2.45, 2.75) is 13.3 Å². The molecule has 0 spiro atoms. The lowest BCUT2D eigenvalue weighted by Crippen LogP contribution is -2.16. The maximum absolute atomic E-state index is 12.3. The Balaban J connectivity index is 2.23. The zero-order valence-corrected chi connectivity index (χ0v) is 14.1. The van der Waals surface area contributed by atoms with Gasteiger partial charge in [-0.05, 0) is 46.6 Å². The van der Waals surface area contributed by atoms with Gasteiger partial charge in [0.1, 0.15) is 10.7 Å². The van der Waals surface area contributed by atoms with Gasteiger partial charge in [-0.1, -0.05) is 19.1 Å². The van der Waals surface area contributed by atoms with Crippen molar-refractivity contribution in [3.63, 3.8) is 0 Å². The van der Waals surface area contributed by atoms with E-state index in [1.807, 2.05) is 6.92 Å². The zero-order valence-electron chi connectivity index (χ0n) is 11.7. The Morgan fingerprint density at radius 1 is 1.48 bits per heavy atom. The number of carbonyl (C=O) groups is 1. The smallest absolute Gasteiger partial charge is 0.273 e. The minimum absolute atomic E-state index is 0.214. The second-order valence-corrected chi connectivity index (χ2v) is 5.81. The van der Waals surface area contributed by atoms with Gasteiger partial charge in [-0.25, -0.2) is 0 Å². The van der Waals surface area contributed by atoms with E-state index < -0.39 is 0 Å². The molecule has 110 valence electrons. The van der Waals surface area contributed by atoms with E-state index in [0.717, 1.165) is 22.2 Å². The summed E-state index contributed by atoms with van der Waals surface area (Å²) in [4.78, 5) is 12.6. The monoisotopic (exact) mass is 366 g/mol. The van der Waals surface area contributed by atoms with Gasteiger partial charge < -0.3 is 11.1 Å². The summed E-state index contributed by atoms with van der Waals surface area (Å²) in [6.45, 7) is 2.00. The summed E-state index contributed by atoms with van der Waals surface area (Å²) in [5.74, 6) is -0.214. The molecular weight excluding hydrogens is 352 g/mol. The van der Waals surface area contributed by atoms with Gasteiger partial charge in [0.05, 0.1) is 11.4 Å². The molecule has 0 aliphatic heterocycles. The van der Waals surface area contributed by atoms with Gasteiger partial charge in [-0.3, -0.25) is 9.48 Å². The van der Waals surface area contributed by atoms with E-state index in [1.165, 1.54) is 0 Å². The molecule has 21 heavy (non-hydrogen) atoms. The molecule has 1 aromatic carbocycles. The normalized spacial score (nSPS) is 10.4. The van der Waals surface area contributed by atoms with Crippen LogP contribution >= 0.6 is 28.1 Å². The third-order valence-electron chi connectivity index (χ3n) is 3.03. The Kier molecular flexibility index (Phi) is 4.74. The highest BCUT2D eigenvalue weighted by atomic mass is 79.9. The average Bonchev–Trinajstić information content (AvgIpc) is 2.82. The molecule has 0 saturated carbocycles. The third kappa shape index (κ3) is 3.48. The quantitative estimate of drug-likeness (QED) is 0.815. The molecule has 1 aromatic heterocycles. The van der Waals surface area contributed by atoms with Crippen LogP contribution in [0.5, 0.6) is 0 Å². The minimum atomic E-state index is -0.214.